The molecule has 5 heteroatoms. The average molecular weight is 282 g/mol. The van der Waals surface area contributed by atoms with Gasteiger partial charge in [0.1, 0.15) is 0 Å². The van der Waals surface area contributed by atoms with E-state index in [4.69, 9.17) is 16.3 Å². The Morgan fingerprint density at radius 1 is 1.37 bits per heavy atom. The van der Waals surface area contributed by atoms with Gasteiger partial charge in [0.15, 0.2) is 6.10 Å². The molecule has 1 aromatic rings. The Balaban J connectivity index is 2.51. The minimum Gasteiger partial charge on any atom is -0.449 e. The second-order valence-electron chi connectivity index (χ2n) is 3.86. The minimum absolute atomic E-state index is 0.309. The van der Waals surface area contributed by atoms with E-state index in [1.165, 1.54) is 13.0 Å². The topological polar surface area (TPSA) is 55.4 Å². The quantitative estimate of drug-likeness (QED) is 0.666. The van der Waals surface area contributed by atoms with E-state index in [0.717, 1.165) is 5.56 Å². The molecule has 0 saturated heterocycles. The molecular formula is C14H16ClNO3. The molecule has 1 atom stereocenters. The van der Waals surface area contributed by atoms with E-state index in [-0.39, 0.29) is 5.91 Å². The molecule has 0 radical (unpaired) electrons. The molecule has 0 aliphatic carbocycles. The number of ether oxygens (including phenoxy) is 1. The monoisotopic (exact) mass is 281 g/mol. The minimum atomic E-state index is -0.803. The number of rotatable bonds is 5. The smallest absolute Gasteiger partial charge is 0.331 e. The Morgan fingerprint density at radius 2 is 2.00 bits per heavy atom. The summed E-state index contributed by atoms with van der Waals surface area (Å²) in [6.45, 7) is 3.83. The summed E-state index contributed by atoms with van der Waals surface area (Å²) >= 11 is 5.75. The second-order valence-corrected chi connectivity index (χ2v) is 4.30. The number of nitrogens with one attached hydrogen (secondary N) is 1. The maximum absolute atomic E-state index is 11.5. The predicted molar refractivity (Wildman–Crippen MR) is 74.7 cm³/mol. The predicted octanol–water partition coefficient (Wildman–Crippen LogP) is 2.42. The summed E-state index contributed by atoms with van der Waals surface area (Å²) in [6.07, 6.45) is 2.07. The molecule has 1 amide bonds. The fraction of sp³-hybridized carbons (Fsp3) is 0.286. The zero-order valence-electron chi connectivity index (χ0n) is 10.9. The number of esters is 1. The van der Waals surface area contributed by atoms with Crippen LogP contribution in [0.4, 0.5) is 0 Å². The van der Waals surface area contributed by atoms with Gasteiger partial charge in [-0.1, -0.05) is 23.7 Å². The van der Waals surface area contributed by atoms with E-state index >= 15 is 0 Å². The SMILES string of the molecule is CCNC(=O)[C@@H](C)OC(=O)/C=C/c1ccc(Cl)cc1. The van der Waals surface area contributed by atoms with Crippen LogP contribution < -0.4 is 5.32 Å². The van der Waals surface area contributed by atoms with Crippen LogP contribution in [0.1, 0.15) is 19.4 Å². The van der Waals surface area contributed by atoms with Crippen LogP contribution in [0.3, 0.4) is 0 Å². The van der Waals surface area contributed by atoms with Crippen LogP contribution in [-0.2, 0) is 14.3 Å². The Bertz CT molecular complexity index is 468. The zero-order chi connectivity index (χ0) is 14.3. The Labute approximate surface area is 117 Å². The first-order chi connectivity index (χ1) is 9.02. The van der Waals surface area contributed by atoms with E-state index < -0.39 is 12.1 Å². The second kappa shape index (κ2) is 7.59. The van der Waals surface area contributed by atoms with E-state index in [0.29, 0.717) is 11.6 Å². The molecule has 1 rings (SSSR count). The van der Waals surface area contributed by atoms with Crippen LogP contribution in [0, 0.1) is 0 Å². The maximum atomic E-state index is 11.5. The van der Waals surface area contributed by atoms with Gasteiger partial charge >= 0.3 is 5.97 Å². The van der Waals surface area contributed by atoms with Crippen LogP contribution in [0.15, 0.2) is 30.3 Å². The zero-order valence-corrected chi connectivity index (χ0v) is 11.6. The van der Waals surface area contributed by atoms with Crippen molar-refractivity contribution in [2.75, 3.05) is 6.54 Å². The van der Waals surface area contributed by atoms with Gasteiger partial charge in [0.2, 0.25) is 0 Å². The van der Waals surface area contributed by atoms with Crippen molar-refractivity contribution in [3.63, 3.8) is 0 Å². The normalized spacial score (nSPS) is 12.2. The van der Waals surface area contributed by atoms with Crippen LogP contribution in [-0.4, -0.2) is 24.5 Å². The van der Waals surface area contributed by atoms with Crippen molar-refractivity contribution in [1.82, 2.24) is 5.32 Å². The van der Waals surface area contributed by atoms with Crippen molar-refractivity contribution in [3.05, 3.63) is 40.9 Å². The number of amides is 1. The standard InChI is InChI=1S/C14H16ClNO3/c1-3-16-14(18)10(2)19-13(17)9-6-11-4-7-12(15)8-5-11/h4-10H,3H2,1-2H3,(H,16,18)/b9-6+/t10-/m1/s1. The largest absolute Gasteiger partial charge is 0.449 e. The number of carbonyl (C=O) groups is 2. The lowest BCUT2D eigenvalue weighted by molar-refractivity contribution is -0.150. The van der Waals surface area contributed by atoms with E-state index in [1.54, 1.807) is 37.3 Å². The molecule has 0 heterocycles. The number of hydrogen-bond acceptors (Lipinski definition) is 3. The molecule has 0 aliphatic heterocycles. The summed E-state index contributed by atoms with van der Waals surface area (Å²) in [6, 6.07) is 7.01. The average Bonchev–Trinajstić information content (AvgIpc) is 2.38. The molecule has 0 aromatic heterocycles. The highest BCUT2D eigenvalue weighted by Crippen LogP contribution is 2.10. The number of likely N-dealkylation sites (N-methyl/N-ethyl adjacent to an activating group) is 1. The summed E-state index contributed by atoms with van der Waals surface area (Å²) < 4.78 is 4.95. The lowest BCUT2D eigenvalue weighted by Gasteiger charge is -2.10. The third-order valence-corrected chi connectivity index (χ3v) is 2.55. The Hall–Kier alpha value is -1.81. The third kappa shape index (κ3) is 5.57. The van der Waals surface area contributed by atoms with Gasteiger partial charge in [-0.25, -0.2) is 4.79 Å². The molecule has 0 spiro atoms. The number of carbonyl (C=O) groups excluding carboxylic acids is 2. The molecule has 4 nitrogen and oxygen atoms in total. The van der Waals surface area contributed by atoms with Gasteiger partial charge in [-0.15, -0.1) is 0 Å². The van der Waals surface area contributed by atoms with Gasteiger partial charge in [0.05, 0.1) is 0 Å². The first-order valence-electron chi connectivity index (χ1n) is 5.95. The van der Waals surface area contributed by atoms with Gasteiger partial charge in [-0.2, -0.15) is 0 Å². The summed E-state index contributed by atoms with van der Waals surface area (Å²) in [5.41, 5.74) is 0.826. The summed E-state index contributed by atoms with van der Waals surface area (Å²) in [4.78, 5) is 22.9. The highest BCUT2D eigenvalue weighted by Gasteiger charge is 2.14. The van der Waals surface area contributed by atoms with Crippen molar-refractivity contribution in [2.24, 2.45) is 0 Å². The molecule has 0 bridgehead atoms. The van der Waals surface area contributed by atoms with Gasteiger partial charge < -0.3 is 10.1 Å². The van der Waals surface area contributed by atoms with Crippen molar-refractivity contribution < 1.29 is 14.3 Å². The molecular weight excluding hydrogens is 266 g/mol. The van der Waals surface area contributed by atoms with Crippen molar-refractivity contribution in [2.45, 2.75) is 20.0 Å². The summed E-state index contributed by atoms with van der Waals surface area (Å²) in [7, 11) is 0. The van der Waals surface area contributed by atoms with E-state index in [2.05, 4.69) is 5.32 Å². The van der Waals surface area contributed by atoms with Crippen molar-refractivity contribution in [3.8, 4) is 0 Å². The van der Waals surface area contributed by atoms with Crippen LogP contribution >= 0.6 is 11.6 Å². The van der Waals surface area contributed by atoms with E-state index in [9.17, 15) is 9.59 Å². The van der Waals surface area contributed by atoms with Gasteiger partial charge in [-0.3, -0.25) is 4.79 Å². The lowest BCUT2D eigenvalue weighted by Crippen LogP contribution is -2.35. The molecule has 0 aliphatic rings. The van der Waals surface area contributed by atoms with Gasteiger partial charge in [-0.05, 0) is 37.6 Å². The fourth-order valence-electron chi connectivity index (χ4n) is 1.32. The number of benzene rings is 1. The highest BCUT2D eigenvalue weighted by molar-refractivity contribution is 6.30. The Morgan fingerprint density at radius 3 is 2.58 bits per heavy atom. The first kappa shape index (κ1) is 15.2. The number of halogens is 1. The molecule has 0 fully saturated rings. The summed E-state index contributed by atoms with van der Waals surface area (Å²) in [5.74, 6) is -0.871. The van der Waals surface area contributed by atoms with Gasteiger partial charge in [0.25, 0.3) is 5.91 Å². The maximum Gasteiger partial charge on any atom is 0.331 e. The van der Waals surface area contributed by atoms with E-state index in [1.807, 2.05) is 0 Å². The molecule has 0 saturated carbocycles. The fourth-order valence-corrected chi connectivity index (χ4v) is 1.45. The number of hydrogen-bond donors (Lipinski definition) is 1. The molecule has 0 unspecified atom stereocenters. The van der Waals surface area contributed by atoms with Gasteiger partial charge in [0, 0.05) is 17.6 Å². The molecule has 1 aromatic carbocycles. The van der Waals surface area contributed by atoms with Crippen LogP contribution in [0.5, 0.6) is 0 Å². The molecule has 19 heavy (non-hydrogen) atoms. The third-order valence-electron chi connectivity index (χ3n) is 2.30. The summed E-state index contributed by atoms with van der Waals surface area (Å²) in [5, 5.41) is 3.21. The first-order valence-corrected chi connectivity index (χ1v) is 6.32. The molecule has 102 valence electrons. The lowest BCUT2D eigenvalue weighted by atomic mass is 10.2. The van der Waals surface area contributed by atoms with Crippen molar-refractivity contribution >= 4 is 29.6 Å². The van der Waals surface area contributed by atoms with Crippen LogP contribution in [0.25, 0.3) is 6.08 Å². The Kier molecular flexibility index (Phi) is 6.09. The van der Waals surface area contributed by atoms with Crippen molar-refractivity contribution in [1.29, 1.82) is 0 Å². The molecule has 1 N–H and O–H groups in total. The highest BCUT2D eigenvalue weighted by atomic mass is 35.5. The van der Waals surface area contributed by atoms with Crippen LogP contribution in [0.2, 0.25) is 5.02 Å².